The van der Waals surface area contributed by atoms with Crippen LogP contribution in [0.1, 0.15) is 32.3 Å². The number of anilines is 1. The summed E-state index contributed by atoms with van der Waals surface area (Å²) in [7, 11) is 0. The highest BCUT2D eigenvalue weighted by Crippen LogP contribution is 2.37. The Morgan fingerprint density at radius 3 is 2.68 bits per heavy atom. The van der Waals surface area contributed by atoms with Gasteiger partial charge in [-0.25, -0.2) is 0 Å². The molecule has 22 heavy (non-hydrogen) atoms. The number of ether oxygens (including phenoxy) is 1. The molecule has 2 heterocycles. The second-order valence-electron chi connectivity index (χ2n) is 6.81. The topological polar surface area (TPSA) is 48.3 Å². The Hall–Kier alpha value is -1.99. The molecule has 1 saturated heterocycles. The zero-order chi connectivity index (χ0) is 15.6. The summed E-state index contributed by atoms with van der Waals surface area (Å²) in [6, 6.07) is 10.6. The van der Waals surface area contributed by atoms with E-state index in [1.165, 1.54) is 0 Å². The van der Waals surface area contributed by atoms with Gasteiger partial charge in [-0.3, -0.25) is 0 Å². The highest BCUT2D eigenvalue weighted by molar-refractivity contribution is 5.79. The van der Waals surface area contributed by atoms with E-state index >= 15 is 0 Å². The summed E-state index contributed by atoms with van der Waals surface area (Å²) in [5.74, 6) is 0. The van der Waals surface area contributed by atoms with E-state index in [0.717, 1.165) is 48.5 Å². The molecule has 1 N–H and O–H groups in total. The Kier molecular flexibility index (Phi) is 4.08. The van der Waals surface area contributed by atoms with Gasteiger partial charge in [0.05, 0.1) is 23.9 Å². The van der Waals surface area contributed by atoms with Crippen molar-refractivity contribution in [3.63, 3.8) is 0 Å². The van der Waals surface area contributed by atoms with Crippen LogP contribution in [-0.2, 0) is 4.74 Å². The fourth-order valence-electron chi connectivity index (χ4n) is 3.14. The van der Waals surface area contributed by atoms with Crippen LogP contribution in [0.5, 0.6) is 0 Å². The number of rotatable bonds is 1. The molecule has 0 radical (unpaired) electrons. The number of hydrogen-bond acceptors (Lipinski definition) is 4. The minimum atomic E-state index is 0.368. The molecule has 4 heteroatoms. The molecule has 0 amide bonds. The van der Waals surface area contributed by atoms with E-state index in [2.05, 4.69) is 36.2 Å². The highest BCUT2D eigenvalue weighted by atomic mass is 16.5. The van der Waals surface area contributed by atoms with Crippen LogP contribution in [0.15, 0.2) is 29.8 Å². The van der Waals surface area contributed by atoms with Crippen LogP contribution in [-0.4, -0.2) is 31.3 Å². The Balaban J connectivity index is 2.02. The number of benzene rings is 1. The van der Waals surface area contributed by atoms with Crippen LogP contribution in [0.25, 0.3) is 5.70 Å². The first-order chi connectivity index (χ1) is 10.6. The molecule has 1 aromatic carbocycles. The van der Waals surface area contributed by atoms with Crippen molar-refractivity contribution in [2.75, 3.05) is 31.7 Å². The molecule has 0 atom stereocenters. The molecule has 0 spiro atoms. The van der Waals surface area contributed by atoms with Crippen molar-refractivity contribution in [3.05, 3.63) is 35.4 Å². The van der Waals surface area contributed by atoms with E-state index in [0.29, 0.717) is 18.8 Å². The first-order valence-corrected chi connectivity index (χ1v) is 7.90. The molecule has 1 aromatic rings. The smallest absolute Gasteiger partial charge is 0.116 e. The van der Waals surface area contributed by atoms with Gasteiger partial charge in [0.15, 0.2) is 0 Å². The van der Waals surface area contributed by atoms with Crippen molar-refractivity contribution in [2.45, 2.75) is 26.7 Å². The maximum absolute atomic E-state index is 9.60. The van der Waals surface area contributed by atoms with Gasteiger partial charge in [-0.1, -0.05) is 32.0 Å². The van der Waals surface area contributed by atoms with Gasteiger partial charge in [-0.05, 0) is 24.3 Å². The van der Waals surface area contributed by atoms with E-state index < -0.39 is 0 Å². The van der Waals surface area contributed by atoms with Gasteiger partial charge in [-0.15, -0.1) is 0 Å². The third kappa shape index (κ3) is 2.95. The van der Waals surface area contributed by atoms with Crippen LogP contribution in [0.3, 0.4) is 0 Å². The molecule has 0 bridgehead atoms. The molecule has 3 rings (SSSR count). The standard InChI is InChI=1S/C18H23N3O/c1-18(2)7-9-21(10-8-18)17-14(11-19)12-22-13-20-16-6-4-3-5-15(16)17/h3-6,20H,7-10,12-13H2,1-2H3/b17-14+. The van der Waals surface area contributed by atoms with E-state index in [4.69, 9.17) is 4.74 Å². The lowest BCUT2D eigenvalue weighted by molar-refractivity contribution is 0.167. The number of hydrogen-bond donors (Lipinski definition) is 1. The lowest BCUT2D eigenvalue weighted by Crippen LogP contribution is -2.37. The summed E-state index contributed by atoms with van der Waals surface area (Å²) >= 11 is 0. The van der Waals surface area contributed by atoms with Crippen LogP contribution in [0.4, 0.5) is 5.69 Å². The average molecular weight is 297 g/mol. The van der Waals surface area contributed by atoms with E-state index in [-0.39, 0.29) is 0 Å². The molecule has 0 saturated carbocycles. The van der Waals surface area contributed by atoms with Crippen LogP contribution < -0.4 is 5.32 Å². The average Bonchev–Trinajstić information content (AvgIpc) is 2.49. The van der Waals surface area contributed by atoms with Crippen LogP contribution in [0, 0.1) is 16.7 Å². The zero-order valence-corrected chi connectivity index (χ0v) is 13.4. The maximum Gasteiger partial charge on any atom is 0.116 e. The summed E-state index contributed by atoms with van der Waals surface area (Å²) in [6.07, 6.45) is 2.29. The lowest BCUT2D eigenvalue weighted by atomic mass is 9.82. The Bertz CT molecular complexity index is 617. The minimum Gasteiger partial charge on any atom is -0.370 e. The summed E-state index contributed by atoms with van der Waals surface area (Å²) in [5.41, 5.74) is 4.31. The second kappa shape index (κ2) is 6.02. The zero-order valence-electron chi connectivity index (χ0n) is 13.4. The molecular weight excluding hydrogens is 274 g/mol. The van der Waals surface area contributed by atoms with E-state index in [9.17, 15) is 5.26 Å². The number of piperidine rings is 1. The molecule has 0 aliphatic carbocycles. The quantitative estimate of drug-likeness (QED) is 0.862. The predicted molar refractivity (Wildman–Crippen MR) is 88.0 cm³/mol. The molecular formula is C18H23N3O. The molecule has 2 aliphatic heterocycles. The Morgan fingerprint density at radius 1 is 1.23 bits per heavy atom. The number of nitrogens with zero attached hydrogens (tertiary/aromatic N) is 2. The lowest BCUT2D eigenvalue weighted by Gasteiger charge is -2.40. The first-order valence-electron chi connectivity index (χ1n) is 7.90. The molecule has 4 nitrogen and oxygen atoms in total. The Morgan fingerprint density at radius 2 is 1.95 bits per heavy atom. The van der Waals surface area contributed by atoms with Crippen molar-refractivity contribution in [1.29, 1.82) is 5.26 Å². The monoisotopic (exact) mass is 297 g/mol. The largest absolute Gasteiger partial charge is 0.370 e. The van der Waals surface area contributed by atoms with Crippen molar-refractivity contribution >= 4 is 11.4 Å². The first kappa shape index (κ1) is 14.9. The van der Waals surface area contributed by atoms with Gasteiger partial charge in [0.2, 0.25) is 0 Å². The SMILES string of the molecule is CC1(C)CCN(/C2=C(\C#N)COCNc3ccccc32)CC1. The molecule has 2 aliphatic rings. The van der Waals surface area contributed by atoms with E-state index in [1.807, 2.05) is 18.2 Å². The van der Waals surface area contributed by atoms with Crippen molar-refractivity contribution in [1.82, 2.24) is 4.90 Å². The summed E-state index contributed by atoms with van der Waals surface area (Å²) in [5, 5.41) is 12.9. The third-order valence-corrected chi connectivity index (χ3v) is 4.65. The van der Waals surface area contributed by atoms with Crippen molar-refractivity contribution in [3.8, 4) is 6.07 Å². The predicted octanol–water partition coefficient (Wildman–Crippen LogP) is 3.44. The molecule has 0 unspecified atom stereocenters. The van der Waals surface area contributed by atoms with Crippen molar-refractivity contribution < 1.29 is 4.74 Å². The molecule has 1 fully saturated rings. The number of para-hydroxylation sites is 1. The fraction of sp³-hybridized carbons (Fsp3) is 0.500. The summed E-state index contributed by atoms with van der Waals surface area (Å²) in [6.45, 7) is 7.42. The maximum atomic E-state index is 9.60. The van der Waals surface area contributed by atoms with Crippen molar-refractivity contribution in [2.24, 2.45) is 5.41 Å². The number of nitrogens with one attached hydrogen (secondary N) is 1. The van der Waals surface area contributed by atoms with Gasteiger partial charge in [-0.2, -0.15) is 5.26 Å². The number of fused-ring (bicyclic) bond motifs is 1. The van der Waals surface area contributed by atoms with Gasteiger partial charge in [0, 0.05) is 24.3 Å². The normalized spacial score (nSPS) is 24.5. The molecule has 0 aromatic heterocycles. The third-order valence-electron chi connectivity index (χ3n) is 4.65. The van der Waals surface area contributed by atoms with Gasteiger partial charge in [0.1, 0.15) is 6.73 Å². The molecule has 116 valence electrons. The minimum absolute atomic E-state index is 0.368. The van der Waals surface area contributed by atoms with Gasteiger partial charge < -0.3 is 15.0 Å². The van der Waals surface area contributed by atoms with Gasteiger partial charge >= 0.3 is 0 Å². The van der Waals surface area contributed by atoms with E-state index in [1.54, 1.807) is 0 Å². The summed E-state index contributed by atoms with van der Waals surface area (Å²) in [4.78, 5) is 2.36. The second-order valence-corrected chi connectivity index (χ2v) is 6.81. The Labute approximate surface area is 132 Å². The number of likely N-dealkylation sites (tertiary alicyclic amines) is 1. The highest BCUT2D eigenvalue weighted by Gasteiger charge is 2.29. The van der Waals surface area contributed by atoms with Gasteiger partial charge in [0.25, 0.3) is 0 Å². The summed E-state index contributed by atoms with van der Waals surface area (Å²) < 4.78 is 5.58. The fourth-order valence-corrected chi connectivity index (χ4v) is 3.14. The van der Waals surface area contributed by atoms with Crippen LogP contribution in [0.2, 0.25) is 0 Å². The van der Waals surface area contributed by atoms with Crippen LogP contribution >= 0.6 is 0 Å². The number of nitriles is 1.